The average Bonchev–Trinajstić information content (AvgIpc) is 3.71. The lowest BCUT2D eigenvalue weighted by Crippen LogP contribution is -2.43. The van der Waals surface area contributed by atoms with Gasteiger partial charge in [-0.2, -0.15) is 0 Å². The van der Waals surface area contributed by atoms with Crippen molar-refractivity contribution in [3.63, 3.8) is 0 Å². The van der Waals surface area contributed by atoms with Crippen LogP contribution in [-0.2, 0) is 31.9 Å². The standard InChI is InChI=1S/C27H34N2O3.C22H25NO3/c1-6-28(7-2)19-23-18-24(29(25(23)30)26(31)32-27(3,4)5)17-20-13-15-22(16-14-20)21-11-9-8-10-12-21;1-22(2,3)26-21(25)23-19(13-14-20(23)24)15-16-9-11-18(12-10-16)17-7-5-4-6-8-17/h8-16,19,24H,6-7,17-18H2,1-5H3;4-12,19H,13-15H2,1-3H3/t24-;19-/m10/s1. The third-order valence-electron chi connectivity index (χ3n) is 10.0. The van der Waals surface area contributed by atoms with E-state index >= 15 is 0 Å². The fraction of sp³-hybridized carbons (Fsp3) is 0.388. The normalized spacial score (nSPS) is 17.6. The molecule has 0 saturated carbocycles. The molecule has 2 aliphatic rings. The van der Waals surface area contributed by atoms with Gasteiger partial charge in [0, 0.05) is 43.7 Å². The lowest BCUT2D eigenvalue weighted by Gasteiger charge is -2.27. The van der Waals surface area contributed by atoms with Gasteiger partial charge in [0.1, 0.15) is 11.2 Å². The van der Waals surface area contributed by atoms with Gasteiger partial charge in [0.25, 0.3) is 5.91 Å². The third-order valence-corrected chi connectivity index (χ3v) is 10.0. The Morgan fingerprint density at radius 1 is 0.621 bits per heavy atom. The molecule has 2 aliphatic heterocycles. The van der Waals surface area contributed by atoms with Crippen LogP contribution in [0.5, 0.6) is 0 Å². The maximum Gasteiger partial charge on any atom is 0.417 e. The van der Waals surface area contributed by atoms with Gasteiger partial charge in [-0.25, -0.2) is 19.4 Å². The molecule has 9 nitrogen and oxygen atoms in total. The maximum absolute atomic E-state index is 13.2. The number of benzene rings is 4. The van der Waals surface area contributed by atoms with Gasteiger partial charge in [-0.1, -0.05) is 109 Å². The smallest absolute Gasteiger partial charge is 0.417 e. The second-order valence-corrected chi connectivity index (χ2v) is 16.9. The Hall–Kier alpha value is -5.70. The number of carbonyl (C=O) groups excluding carboxylic acids is 4. The summed E-state index contributed by atoms with van der Waals surface area (Å²) in [6.45, 7) is 16.6. The van der Waals surface area contributed by atoms with Crippen LogP contribution in [0.2, 0.25) is 0 Å². The van der Waals surface area contributed by atoms with Crippen molar-refractivity contribution in [2.24, 2.45) is 0 Å². The van der Waals surface area contributed by atoms with Gasteiger partial charge in [-0.15, -0.1) is 0 Å². The molecule has 2 saturated heterocycles. The Morgan fingerprint density at radius 3 is 1.47 bits per heavy atom. The number of likely N-dealkylation sites (tertiary alicyclic amines) is 2. The predicted molar refractivity (Wildman–Crippen MR) is 230 cm³/mol. The number of ether oxygens (including phenoxy) is 2. The molecular weight excluding hydrogens is 727 g/mol. The van der Waals surface area contributed by atoms with Crippen molar-refractivity contribution < 1.29 is 28.7 Å². The number of nitrogens with zero attached hydrogens (tertiary/aromatic N) is 3. The number of hydrogen-bond acceptors (Lipinski definition) is 7. The first-order valence-corrected chi connectivity index (χ1v) is 20.4. The Labute approximate surface area is 344 Å². The molecule has 2 fully saturated rings. The zero-order valence-electron chi connectivity index (χ0n) is 35.4. The van der Waals surface area contributed by atoms with Gasteiger partial charge in [-0.05, 0) is 108 Å². The minimum atomic E-state index is -0.662. The first-order valence-electron chi connectivity index (χ1n) is 20.4. The minimum absolute atomic E-state index is 0.139. The van der Waals surface area contributed by atoms with Crippen molar-refractivity contribution in [2.45, 2.75) is 111 Å². The number of rotatable bonds is 9. The molecule has 0 N–H and O–H groups in total. The van der Waals surface area contributed by atoms with Crippen LogP contribution in [-0.4, -0.2) is 75.1 Å². The lowest BCUT2D eigenvalue weighted by atomic mass is 9.99. The number of hydrogen-bond donors (Lipinski definition) is 0. The maximum atomic E-state index is 13.2. The van der Waals surface area contributed by atoms with Gasteiger partial charge in [0.05, 0.1) is 6.04 Å². The largest absolute Gasteiger partial charge is 0.443 e. The van der Waals surface area contributed by atoms with E-state index in [9.17, 15) is 19.2 Å². The highest BCUT2D eigenvalue weighted by Crippen LogP contribution is 2.31. The van der Waals surface area contributed by atoms with Crippen LogP contribution >= 0.6 is 0 Å². The van der Waals surface area contributed by atoms with Crippen LogP contribution in [0.3, 0.4) is 0 Å². The van der Waals surface area contributed by atoms with Gasteiger partial charge < -0.3 is 14.4 Å². The average molecular weight is 786 g/mol. The van der Waals surface area contributed by atoms with E-state index in [2.05, 4.69) is 91.5 Å². The highest BCUT2D eigenvalue weighted by atomic mass is 16.6. The molecule has 306 valence electrons. The molecule has 6 rings (SSSR count). The molecule has 9 heteroatoms. The topological polar surface area (TPSA) is 96.5 Å². The van der Waals surface area contributed by atoms with E-state index in [0.29, 0.717) is 37.7 Å². The van der Waals surface area contributed by atoms with Crippen molar-refractivity contribution in [3.8, 4) is 22.3 Å². The summed E-state index contributed by atoms with van der Waals surface area (Å²) in [4.78, 5) is 55.3. The highest BCUT2D eigenvalue weighted by Gasteiger charge is 2.42. The van der Waals surface area contributed by atoms with E-state index in [4.69, 9.17) is 9.47 Å². The molecule has 2 heterocycles. The van der Waals surface area contributed by atoms with Crippen LogP contribution < -0.4 is 0 Å². The molecule has 4 amide bonds. The van der Waals surface area contributed by atoms with Crippen molar-refractivity contribution in [3.05, 3.63) is 132 Å². The number of imide groups is 2. The zero-order valence-corrected chi connectivity index (χ0v) is 35.4. The summed E-state index contributed by atoms with van der Waals surface area (Å²) in [6, 6.07) is 36.6. The van der Waals surface area contributed by atoms with Crippen molar-refractivity contribution >= 4 is 24.0 Å². The summed E-state index contributed by atoms with van der Waals surface area (Å²) < 4.78 is 11.0. The van der Waals surface area contributed by atoms with E-state index in [1.807, 2.05) is 84.1 Å². The summed E-state index contributed by atoms with van der Waals surface area (Å²) in [7, 11) is 0. The van der Waals surface area contributed by atoms with E-state index in [-0.39, 0.29) is 23.9 Å². The van der Waals surface area contributed by atoms with Crippen LogP contribution in [0, 0.1) is 0 Å². The summed E-state index contributed by atoms with van der Waals surface area (Å²) in [5.41, 5.74) is 6.21. The quantitative estimate of drug-likeness (QED) is 0.156. The zero-order chi connectivity index (χ0) is 42.0. The van der Waals surface area contributed by atoms with Gasteiger partial charge in [0.15, 0.2) is 0 Å². The second-order valence-electron chi connectivity index (χ2n) is 16.9. The van der Waals surface area contributed by atoms with Crippen LogP contribution in [0.1, 0.15) is 85.8 Å². The van der Waals surface area contributed by atoms with Crippen molar-refractivity contribution in [2.75, 3.05) is 13.1 Å². The van der Waals surface area contributed by atoms with Gasteiger partial charge in [0.2, 0.25) is 5.91 Å². The van der Waals surface area contributed by atoms with Gasteiger partial charge >= 0.3 is 12.2 Å². The first-order chi connectivity index (χ1) is 27.5. The summed E-state index contributed by atoms with van der Waals surface area (Å²) in [6.07, 6.45) is 3.63. The molecule has 0 radical (unpaired) electrons. The predicted octanol–water partition coefficient (Wildman–Crippen LogP) is 10.5. The second kappa shape index (κ2) is 19.2. The summed E-state index contributed by atoms with van der Waals surface area (Å²) in [5.74, 6) is -0.401. The third kappa shape index (κ3) is 11.9. The Kier molecular flexibility index (Phi) is 14.3. The Balaban J connectivity index is 0.000000226. The van der Waals surface area contributed by atoms with Crippen LogP contribution in [0.25, 0.3) is 22.3 Å². The lowest BCUT2D eigenvalue weighted by molar-refractivity contribution is -0.128. The molecule has 0 spiro atoms. The number of amides is 4. The number of carbonyl (C=O) groups is 4. The molecule has 2 atom stereocenters. The molecule has 0 unspecified atom stereocenters. The van der Waals surface area contributed by atoms with Crippen molar-refractivity contribution in [1.29, 1.82) is 0 Å². The minimum Gasteiger partial charge on any atom is -0.443 e. The van der Waals surface area contributed by atoms with Gasteiger partial charge in [-0.3, -0.25) is 9.59 Å². The highest BCUT2D eigenvalue weighted by molar-refractivity contribution is 6.05. The molecule has 4 aromatic carbocycles. The molecule has 4 aromatic rings. The van der Waals surface area contributed by atoms with E-state index in [0.717, 1.165) is 40.9 Å². The molecule has 58 heavy (non-hydrogen) atoms. The molecule has 0 aliphatic carbocycles. The Morgan fingerprint density at radius 2 is 1.03 bits per heavy atom. The van der Waals surface area contributed by atoms with E-state index < -0.39 is 23.4 Å². The van der Waals surface area contributed by atoms with Crippen LogP contribution in [0.15, 0.2) is 121 Å². The SMILES string of the molecule is CC(C)(C)OC(=O)N1C(=O)CC[C@H]1Cc1ccc(-c2ccccc2)cc1.CCN(C=C1C[C@@H](Cc2ccc(-c3ccccc3)cc2)N(C(=O)OC(C)(C)C)C1=O)CC. The monoisotopic (exact) mass is 785 g/mol. The van der Waals surface area contributed by atoms with E-state index in [1.165, 1.54) is 15.4 Å². The molecule has 0 bridgehead atoms. The molecular formula is C49H59N3O6. The van der Waals surface area contributed by atoms with Crippen LogP contribution in [0.4, 0.5) is 9.59 Å². The van der Waals surface area contributed by atoms with Crippen molar-refractivity contribution in [1.82, 2.24) is 14.7 Å². The fourth-order valence-electron chi connectivity index (χ4n) is 7.16. The Bertz CT molecular complexity index is 2030. The fourth-order valence-corrected chi connectivity index (χ4v) is 7.16. The summed E-state index contributed by atoms with van der Waals surface area (Å²) in [5, 5.41) is 0. The first kappa shape index (κ1) is 43.4. The summed E-state index contributed by atoms with van der Waals surface area (Å²) >= 11 is 0. The molecule has 0 aromatic heterocycles. The van der Waals surface area contributed by atoms with E-state index in [1.54, 1.807) is 0 Å².